The SMILES string of the molecule is COc1ccc(C[C@@H](O)Cn2c(N)nc3c(ncn3[C@H]3C[C@H](O)[C@H](CO)O3)c2=O)cc1. The van der Waals surface area contributed by atoms with E-state index < -0.39 is 30.1 Å². The molecule has 4 atom stereocenters. The Morgan fingerprint density at radius 3 is 2.74 bits per heavy atom. The number of methoxy groups -OCH3 is 1. The number of aliphatic hydroxyl groups excluding tert-OH is 3. The highest BCUT2D eigenvalue weighted by atomic mass is 16.5. The molecule has 1 aliphatic rings. The van der Waals surface area contributed by atoms with E-state index in [2.05, 4.69) is 9.97 Å². The van der Waals surface area contributed by atoms with Gasteiger partial charge in [0.2, 0.25) is 5.95 Å². The summed E-state index contributed by atoms with van der Waals surface area (Å²) >= 11 is 0. The zero-order valence-electron chi connectivity index (χ0n) is 17.0. The number of nitrogen functional groups attached to an aromatic ring is 1. The lowest BCUT2D eigenvalue weighted by Gasteiger charge is -2.16. The van der Waals surface area contributed by atoms with E-state index in [1.54, 1.807) is 19.2 Å². The van der Waals surface area contributed by atoms with Gasteiger partial charge in [0.15, 0.2) is 11.2 Å². The molecule has 4 rings (SSSR count). The summed E-state index contributed by atoms with van der Waals surface area (Å²) < 4.78 is 13.4. The van der Waals surface area contributed by atoms with Gasteiger partial charge in [-0.15, -0.1) is 0 Å². The van der Waals surface area contributed by atoms with Crippen molar-refractivity contribution in [3.05, 3.63) is 46.5 Å². The average molecular weight is 431 g/mol. The first kappa shape index (κ1) is 21.2. The molecule has 31 heavy (non-hydrogen) atoms. The van der Waals surface area contributed by atoms with Gasteiger partial charge in [0, 0.05) is 12.8 Å². The van der Waals surface area contributed by atoms with Crippen molar-refractivity contribution in [3.63, 3.8) is 0 Å². The third-order valence-corrected chi connectivity index (χ3v) is 5.43. The van der Waals surface area contributed by atoms with E-state index in [-0.39, 0.29) is 36.7 Å². The normalized spacial score (nSPS) is 22.1. The predicted molar refractivity (Wildman–Crippen MR) is 111 cm³/mol. The minimum atomic E-state index is -0.867. The Kier molecular flexibility index (Phi) is 5.92. The van der Waals surface area contributed by atoms with Crippen LogP contribution in [0.25, 0.3) is 11.2 Å². The van der Waals surface area contributed by atoms with Crippen LogP contribution in [0, 0.1) is 0 Å². The Labute approximate surface area is 177 Å². The summed E-state index contributed by atoms with van der Waals surface area (Å²) in [6.07, 6.45) is -1.10. The lowest BCUT2D eigenvalue weighted by molar-refractivity contribution is -0.0432. The zero-order valence-corrected chi connectivity index (χ0v) is 17.0. The van der Waals surface area contributed by atoms with E-state index in [4.69, 9.17) is 15.2 Å². The molecule has 1 saturated heterocycles. The molecule has 5 N–H and O–H groups in total. The summed E-state index contributed by atoms with van der Waals surface area (Å²) in [5.74, 6) is 0.651. The Morgan fingerprint density at radius 1 is 1.35 bits per heavy atom. The first-order chi connectivity index (χ1) is 14.9. The number of aromatic nitrogens is 4. The molecule has 166 valence electrons. The summed E-state index contributed by atoms with van der Waals surface area (Å²) in [7, 11) is 1.58. The van der Waals surface area contributed by atoms with Crippen molar-refractivity contribution in [2.75, 3.05) is 19.5 Å². The number of fused-ring (bicyclic) bond motifs is 1. The second-order valence-corrected chi connectivity index (χ2v) is 7.53. The maximum Gasteiger partial charge on any atom is 0.283 e. The fraction of sp³-hybridized carbons (Fsp3) is 0.450. The van der Waals surface area contributed by atoms with E-state index >= 15 is 0 Å². The number of ether oxygens (including phenoxy) is 2. The molecule has 0 saturated carbocycles. The topological polar surface area (TPSA) is 158 Å². The monoisotopic (exact) mass is 431 g/mol. The van der Waals surface area contributed by atoms with Crippen molar-refractivity contribution in [1.82, 2.24) is 19.1 Å². The van der Waals surface area contributed by atoms with Crippen LogP contribution in [-0.2, 0) is 17.7 Å². The number of hydrogen-bond acceptors (Lipinski definition) is 9. The Bertz CT molecular complexity index is 1110. The van der Waals surface area contributed by atoms with Crippen molar-refractivity contribution in [1.29, 1.82) is 0 Å². The molecule has 11 nitrogen and oxygen atoms in total. The summed E-state index contributed by atoms with van der Waals surface area (Å²) in [6.45, 7) is -0.365. The van der Waals surface area contributed by atoms with Gasteiger partial charge >= 0.3 is 0 Å². The number of imidazole rings is 1. The van der Waals surface area contributed by atoms with Crippen LogP contribution < -0.4 is 16.0 Å². The average Bonchev–Trinajstić information content (AvgIpc) is 3.34. The van der Waals surface area contributed by atoms with Crippen molar-refractivity contribution in [3.8, 4) is 5.75 Å². The highest BCUT2D eigenvalue weighted by Crippen LogP contribution is 2.30. The molecule has 11 heteroatoms. The van der Waals surface area contributed by atoms with E-state index in [1.165, 1.54) is 15.5 Å². The third kappa shape index (κ3) is 4.12. The molecule has 0 aliphatic carbocycles. The molecule has 2 aromatic heterocycles. The van der Waals surface area contributed by atoms with E-state index in [0.29, 0.717) is 12.2 Å². The molecule has 1 fully saturated rings. The summed E-state index contributed by atoms with van der Waals surface area (Å²) in [4.78, 5) is 21.4. The quantitative estimate of drug-likeness (QED) is 0.384. The lowest BCUT2D eigenvalue weighted by Crippen LogP contribution is -2.31. The number of benzene rings is 1. The standard InChI is InChI=1S/C20H25N5O6/c1-30-13-4-2-11(3-5-13)6-12(27)8-24-19(29)17-18(23-20(24)21)25(10-22-17)16-7-14(28)15(9-26)31-16/h2-5,10,12,14-16,26-28H,6-9H2,1H3,(H2,21,23)/t12-,14+,15+,16-/m1/s1. The van der Waals surface area contributed by atoms with Gasteiger partial charge in [-0.1, -0.05) is 12.1 Å². The number of hydrogen-bond donors (Lipinski definition) is 4. The minimum absolute atomic E-state index is 0.0439. The Morgan fingerprint density at radius 2 is 2.10 bits per heavy atom. The van der Waals surface area contributed by atoms with Gasteiger partial charge in [-0.25, -0.2) is 4.98 Å². The van der Waals surface area contributed by atoms with Gasteiger partial charge in [0.05, 0.1) is 38.8 Å². The van der Waals surface area contributed by atoms with Crippen molar-refractivity contribution < 1.29 is 24.8 Å². The zero-order chi connectivity index (χ0) is 22.1. The second kappa shape index (κ2) is 8.63. The van der Waals surface area contributed by atoms with Gasteiger partial charge in [-0.05, 0) is 17.7 Å². The minimum Gasteiger partial charge on any atom is -0.497 e. The third-order valence-electron chi connectivity index (χ3n) is 5.43. The summed E-state index contributed by atoms with van der Waals surface area (Å²) in [6, 6.07) is 7.28. The van der Waals surface area contributed by atoms with Crippen LogP contribution in [0.3, 0.4) is 0 Å². The largest absolute Gasteiger partial charge is 0.497 e. The van der Waals surface area contributed by atoms with E-state index in [9.17, 15) is 20.1 Å². The molecule has 1 aliphatic heterocycles. The predicted octanol–water partition coefficient (Wildman–Crippen LogP) is -0.572. The van der Waals surface area contributed by atoms with Crippen LogP contribution in [0.15, 0.2) is 35.4 Å². The highest BCUT2D eigenvalue weighted by molar-refractivity contribution is 5.71. The fourth-order valence-corrected chi connectivity index (χ4v) is 3.76. The van der Waals surface area contributed by atoms with E-state index in [0.717, 1.165) is 5.56 Å². The number of nitrogens with zero attached hydrogens (tertiary/aromatic N) is 4. The number of aliphatic hydroxyl groups is 3. The molecule has 0 radical (unpaired) electrons. The Hall–Kier alpha value is -2.99. The number of nitrogens with two attached hydrogens (primary N) is 1. The van der Waals surface area contributed by atoms with Crippen LogP contribution in [0.4, 0.5) is 5.95 Å². The van der Waals surface area contributed by atoms with Gasteiger partial charge in [0.25, 0.3) is 5.56 Å². The van der Waals surface area contributed by atoms with E-state index in [1.807, 2.05) is 12.1 Å². The van der Waals surface area contributed by atoms with Gasteiger partial charge in [0.1, 0.15) is 18.1 Å². The van der Waals surface area contributed by atoms with Crippen molar-refractivity contribution >= 4 is 17.1 Å². The lowest BCUT2D eigenvalue weighted by atomic mass is 10.1. The molecule has 0 bridgehead atoms. The van der Waals surface area contributed by atoms with Crippen molar-refractivity contribution in [2.45, 2.75) is 43.9 Å². The number of rotatable bonds is 7. The number of anilines is 1. The van der Waals surface area contributed by atoms with Gasteiger partial charge < -0.3 is 30.5 Å². The molecule has 3 heterocycles. The molecule has 3 aromatic rings. The smallest absolute Gasteiger partial charge is 0.283 e. The van der Waals surface area contributed by atoms with Crippen LogP contribution in [0.1, 0.15) is 18.2 Å². The van der Waals surface area contributed by atoms with Crippen LogP contribution in [0.5, 0.6) is 5.75 Å². The fourth-order valence-electron chi connectivity index (χ4n) is 3.76. The van der Waals surface area contributed by atoms with Crippen LogP contribution in [0.2, 0.25) is 0 Å². The summed E-state index contributed by atoms with van der Waals surface area (Å²) in [5, 5.41) is 29.7. The molecular weight excluding hydrogens is 406 g/mol. The maximum absolute atomic E-state index is 12.9. The second-order valence-electron chi connectivity index (χ2n) is 7.53. The maximum atomic E-state index is 12.9. The first-order valence-corrected chi connectivity index (χ1v) is 9.89. The van der Waals surface area contributed by atoms with Crippen molar-refractivity contribution in [2.24, 2.45) is 0 Å². The Balaban J connectivity index is 1.56. The molecular formula is C20H25N5O6. The van der Waals surface area contributed by atoms with Gasteiger partial charge in [-0.2, -0.15) is 4.98 Å². The molecule has 0 unspecified atom stereocenters. The van der Waals surface area contributed by atoms with Crippen LogP contribution in [-0.4, -0.2) is 66.5 Å². The molecule has 0 amide bonds. The molecule has 1 aromatic carbocycles. The van der Waals surface area contributed by atoms with Crippen LogP contribution >= 0.6 is 0 Å². The van der Waals surface area contributed by atoms with Gasteiger partial charge in [-0.3, -0.25) is 13.9 Å². The first-order valence-electron chi connectivity index (χ1n) is 9.89. The summed E-state index contributed by atoms with van der Waals surface area (Å²) in [5.41, 5.74) is 6.73. The highest BCUT2D eigenvalue weighted by Gasteiger charge is 2.35. The molecule has 0 spiro atoms.